The Morgan fingerprint density at radius 2 is 1.95 bits per heavy atom. The SMILES string of the molecule is NCC1(c2ccc(O)c3ncccc23)CCCCC1. The van der Waals surface area contributed by atoms with Crippen LogP contribution in [0.15, 0.2) is 30.5 Å². The van der Waals surface area contributed by atoms with Crippen LogP contribution >= 0.6 is 0 Å². The maximum Gasteiger partial charge on any atom is 0.141 e. The van der Waals surface area contributed by atoms with E-state index in [2.05, 4.69) is 4.98 Å². The van der Waals surface area contributed by atoms with Gasteiger partial charge >= 0.3 is 0 Å². The van der Waals surface area contributed by atoms with Gasteiger partial charge < -0.3 is 10.8 Å². The summed E-state index contributed by atoms with van der Waals surface area (Å²) in [5.41, 5.74) is 8.13. The van der Waals surface area contributed by atoms with E-state index in [9.17, 15) is 5.11 Å². The highest BCUT2D eigenvalue weighted by molar-refractivity contribution is 5.88. The van der Waals surface area contributed by atoms with Crippen molar-refractivity contribution in [1.82, 2.24) is 4.98 Å². The van der Waals surface area contributed by atoms with Gasteiger partial charge in [0.2, 0.25) is 0 Å². The van der Waals surface area contributed by atoms with Gasteiger partial charge in [0, 0.05) is 23.5 Å². The Morgan fingerprint density at radius 1 is 1.16 bits per heavy atom. The predicted octanol–water partition coefficient (Wildman–Crippen LogP) is 3.10. The van der Waals surface area contributed by atoms with E-state index in [1.807, 2.05) is 18.2 Å². The molecule has 0 radical (unpaired) electrons. The van der Waals surface area contributed by atoms with Crippen molar-refractivity contribution in [1.29, 1.82) is 0 Å². The summed E-state index contributed by atoms with van der Waals surface area (Å²) >= 11 is 0. The summed E-state index contributed by atoms with van der Waals surface area (Å²) < 4.78 is 0. The van der Waals surface area contributed by atoms with E-state index < -0.39 is 0 Å². The molecule has 2 aromatic rings. The van der Waals surface area contributed by atoms with Gasteiger partial charge in [0.15, 0.2) is 0 Å². The van der Waals surface area contributed by atoms with Crippen LogP contribution in [0.1, 0.15) is 37.7 Å². The molecule has 0 unspecified atom stereocenters. The molecule has 0 bridgehead atoms. The molecule has 1 fully saturated rings. The molecule has 1 aromatic heterocycles. The Morgan fingerprint density at radius 3 is 2.68 bits per heavy atom. The third kappa shape index (κ3) is 1.98. The number of phenols is 1. The Kier molecular flexibility index (Phi) is 3.15. The van der Waals surface area contributed by atoms with Crippen molar-refractivity contribution < 1.29 is 5.11 Å². The quantitative estimate of drug-likeness (QED) is 0.868. The lowest BCUT2D eigenvalue weighted by atomic mass is 9.68. The number of pyridine rings is 1. The molecule has 1 aromatic carbocycles. The average Bonchev–Trinajstić information content (AvgIpc) is 2.48. The Bertz CT molecular complexity index is 588. The van der Waals surface area contributed by atoms with Gasteiger partial charge in [-0.3, -0.25) is 4.98 Å². The van der Waals surface area contributed by atoms with E-state index >= 15 is 0 Å². The van der Waals surface area contributed by atoms with E-state index in [4.69, 9.17) is 5.73 Å². The zero-order chi connectivity index (χ0) is 13.3. The molecule has 0 amide bonds. The number of phenolic OH excluding ortho intramolecular Hbond substituents is 1. The summed E-state index contributed by atoms with van der Waals surface area (Å²) in [6, 6.07) is 7.77. The second kappa shape index (κ2) is 4.82. The molecular formula is C16H20N2O. The number of nitrogens with two attached hydrogens (primary N) is 1. The molecule has 0 aliphatic heterocycles. The van der Waals surface area contributed by atoms with Gasteiger partial charge in [-0.15, -0.1) is 0 Å². The fourth-order valence-corrected chi connectivity index (χ4v) is 3.43. The van der Waals surface area contributed by atoms with E-state index in [0.29, 0.717) is 12.1 Å². The summed E-state index contributed by atoms with van der Waals surface area (Å²) in [4.78, 5) is 4.31. The lowest BCUT2D eigenvalue weighted by Crippen LogP contribution is -2.37. The lowest BCUT2D eigenvalue weighted by Gasteiger charge is -2.37. The summed E-state index contributed by atoms with van der Waals surface area (Å²) in [5, 5.41) is 11.0. The molecule has 1 heterocycles. The molecule has 100 valence electrons. The summed E-state index contributed by atoms with van der Waals surface area (Å²) in [6.07, 6.45) is 7.77. The van der Waals surface area contributed by atoms with Crippen molar-refractivity contribution in [3.05, 3.63) is 36.0 Å². The first-order valence-corrected chi connectivity index (χ1v) is 7.04. The highest BCUT2D eigenvalue weighted by atomic mass is 16.3. The fraction of sp³-hybridized carbons (Fsp3) is 0.438. The Labute approximate surface area is 113 Å². The number of nitrogens with zero attached hydrogens (tertiary/aromatic N) is 1. The molecular weight excluding hydrogens is 236 g/mol. The van der Waals surface area contributed by atoms with E-state index in [1.54, 1.807) is 12.3 Å². The van der Waals surface area contributed by atoms with E-state index in [-0.39, 0.29) is 11.2 Å². The topological polar surface area (TPSA) is 59.1 Å². The summed E-state index contributed by atoms with van der Waals surface area (Å²) in [7, 11) is 0. The predicted molar refractivity (Wildman–Crippen MR) is 77.2 cm³/mol. The highest BCUT2D eigenvalue weighted by Crippen LogP contribution is 2.42. The Hall–Kier alpha value is -1.61. The van der Waals surface area contributed by atoms with Crippen LogP contribution in [-0.4, -0.2) is 16.6 Å². The normalized spacial score (nSPS) is 18.6. The van der Waals surface area contributed by atoms with Crippen LogP contribution in [0.5, 0.6) is 5.75 Å². The van der Waals surface area contributed by atoms with Gasteiger partial charge in [-0.2, -0.15) is 0 Å². The van der Waals surface area contributed by atoms with E-state index in [0.717, 1.165) is 18.2 Å². The van der Waals surface area contributed by atoms with Crippen LogP contribution in [0.4, 0.5) is 0 Å². The van der Waals surface area contributed by atoms with Crippen molar-refractivity contribution in [2.75, 3.05) is 6.54 Å². The molecule has 1 aliphatic carbocycles. The second-order valence-corrected chi connectivity index (χ2v) is 5.58. The minimum absolute atomic E-state index is 0.0627. The van der Waals surface area contributed by atoms with Crippen LogP contribution in [0.3, 0.4) is 0 Å². The van der Waals surface area contributed by atoms with Crippen LogP contribution in [0.2, 0.25) is 0 Å². The third-order valence-corrected chi connectivity index (χ3v) is 4.52. The largest absolute Gasteiger partial charge is 0.506 e. The second-order valence-electron chi connectivity index (χ2n) is 5.58. The van der Waals surface area contributed by atoms with Crippen molar-refractivity contribution in [2.45, 2.75) is 37.5 Å². The highest BCUT2D eigenvalue weighted by Gasteiger charge is 2.34. The van der Waals surface area contributed by atoms with Crippen LogP contribution in [0.25, 0.3) is 10.9 Å². The standard InChI is InChI=1S/C16H20N2O/c17-11-16(8-2-1-3-9-16)13-6-7-14(19)15-12(13)5-4-10-18-15/h4-7,10,19H,1-3,8-9,11,17H2. The minimum atomic E-state index is 0.0627. The number of hydrogen-bond donors (Lipinski definition) is 2. The summed E-state index contributed by atoms with van der Waals surface area (Å²) in [6.45, 7) is 0.668. The number of aromatic hydroxyl groups is 1. The summed E-state index contributed by atoms with van der Waals surface area (Å²) in [5.74, 6) is 0.252. The van der Waals surface area contributed by atoms with E-state index in [1.165, 1.54) is 24.8 Å². The van der Waals surface area contributed by atoms with Gasteiger partial charge in [0.1, 0.15) is 11.3 Å². The van der Waals surface area contributed by atoms with Crippen molar-refractivity contribution in [3.8, 4) is 5.75 Å². The first-order chi connectivity index (χ1) is 9.27. The Balaban J connectivity index is 2.21. The van der Waals surface area contributed by atoms with Crippen molar-refractivity contribution in [3.63, 3.8) is 0 Å². The maximum absolute atomic E-state index is 9.96. The molecule has 19 heavy (non-hydrogen) atoms. The number of aromatic nitrogens is 1. The first kappa shape index (κ1) is 12.4. The molecule has 0 atom stereocenters. The third-order valence-electron chi connectivity index (χ3n) is 4.52. The van der Waals surface area contributed by atoms with Crippen LogP contribution in [0, 0.1) is 0 Å². The lowest BCUT2D eigenvalue weighted by molar-refractivity contribution is 0.303. The van der Waals surface area contributed by atoms with Crippen LogP contribution in [-0.2, 0) is 5.41 Å². The molecule has 0 saturated heterocycles. The zero-order valence-corrected chi connectivity index (χ0v) is 11.1. The van der Waals surface area contributed by atoms with Gasteiger partial charge in [0.05, 0.1) is 0 Å². The van der Waals surface area contributed by atoms with Gasteiger partial charge in [-0.25, -0.2) is 0 Å². The molecule has 3 nitrogen and oxygen atoms in total. The minimum Gasteiger partial charge on any atom is -0.506 e. The molecule has 3 rings (SSSR count). The van der Waals surface area contributed by atoms with Gasteiger partial charge in [-0.05, 0) is 30.5 Å². The molecule has 3 N–H and O–H groups in total. The number of hydrogen-bond acceptors (Lipinski definition) is 3. The average molecular weight is 256 g/mol. The van der Waals surface area contributed by atoms with Gasteiger partial charge in [0.25, 0.3) is 0 Å². The molecule has 1 aliphatic rings. The number of rotatable bonds is 2. The monoisotopic (exact) mass is 256 g/mol. The first-order valence-electron chi connectivity index (χ1n) is 7.04. The fourth-order valence-electron chi connectivity index (χ4n) is 3.43. The maximum atomic E-state index is 9.96. The van der Waals surface area contributed by atoms with Crippen molar-refractivity contribution in [2.24, 2.45) is 5.73 Å². The smallest absolute Gasteiger partial charge is 0.141 e. The zero-order valence-electron chi connectivity index (χ0n) is 11.1. The molecule has 3 heteroatoms. The van der Waals surface area contributed by atoms with Gasteiger partial charge in [-0.1, -0.05) is 31.4 Å². The van der Waals surface area contributed by atoms with Crippen molar-refractivity contribution >= 4 is 10.9 Å². The molecule has 0 spiro atoms. The number of fused-ring (bicyclic) bond motifs is 1. The molecule has 1 saturated carbocycles. The van der Waals surface area contributed by atoms with Crippen LogP contribution < -0.4 is 5.73 Å². The number of benzene rings is 1.